The first-order valence-corrected chi connectivity index (χ1v) is 11.5. The molecule has 0 spiro atoms. The summed E-state index contributed by atoms with van der Waals surface area (Å²) >= 11 is 0. The van der Waals surface area contributed by atoms with Crippen molar-refractivity contribution >= 4 is 22.9 Å². The van der Waals surface area contributed by atoms with Crippen molar-refractivity contribution in [3.63, 3.8) is 0 Å². The zero-order valence-electron chi connectivity index (χ0n) is 19.6. The molecule has 32 heavy (non-hydrogen) atoms. The molecule has 0 unspecified atom stereocenters. The summed E-state index contributed by atoms with van der Waals surface area (Å²) in [6, 6.07) is 25.0. The summed E-state index contributed by atoms with van der Waals surface area (Å²) < 4.78 is 0. The van der Waals surface area contributed by atoms with Crippen LogP contribution in [-0.4, -0.2) is 11.5 Å². The lowest BCUT2D eigenvalue weighted by molar-refractivity contribution is -0.117. The van der Waals surface area contributed by atoms with E-state index < -0.39 is 5.54 Å². The quantitative estimate of drug-likeness (QED) is 0.449. The molecule has 1 aliphatic heterocycles. The fourth-order valence-corrected chi connectivity index (χ4v) is 4.76. The smallest absolute Gasteiger partial charge is 0.132 e. The highest BCUT2D eigenvalue weighted by atomic mass is 16.1. The lowest BCUT2D eigenvalue weighted by atomic mass is 9.80. The highest BCUT2D eigenvalue weighted by Crippen LogP contribution is 2.45. The van der Waals surface area contributed by atoms with Gasteiger partial charge in [-0.2, -0.15) is 0 Å². The largest absolute Gasteiger partial charge is 0.369 e. The Labute approximate surface area is 191 Å². The summed E-state index contributed by atoms with van der Waals surface area (Å²) in [5.41, 5.74) is 6.86. The maximum absolute atomic E-state index is 12.6. The van der Waals surface area contributed by atoms with Gasteiger partial charge in [0.1, 0.15) is 11.3 Å². The van der Waals surface area contributed by atoms with Crippen LogP contribution < -0.4 is 5.32 Å². The topological polar surface area (TPSA) is 41.5 Å². The second kappa shape index (κ2) is 8.74. The number of hydrogen-bond donors (Lipinski definition) is 1. The predicted molar refractivity (Wildman–Crippen MR) is 134 cm³/mol. The summed E-state index contributed by atoms with van der Waals surface area (Å²) in [5.74, 6) is 0.816. The Morgan fingerprint density at radius 2 is 1.44 bits per heavy atom. The number of rotatable bonds is 6. The predicted octanol–water partition coefficient (Wildman–Crippen LogP) is 7.35. The Hall–Kier alpha value is -3.20. The van der Waals surface area contributed by atoms with Crippen molar-refractivity contribution in [2.45, 2.75) is 58.4 Å². The number of aliphatic imine (C=N–C) groups is 1. The Morgan fingerprint density at radius 3 is 2.03 bits per heavy atom. The first-order valence-electron chi connectivity index (χ1n) is 11.5. The normalized spacial score (nSPS) is 18.8. The highest BCUT2D eigenvalue weighted by Gasteiger charge is 2.45. The van der Waals surface area contributed by atoms with E-state index in [0.717, 1.165) is 28.2 Å². The van der Waals surface area contributed by atoms with Crippen molar-refractivity contribution < 1.29 is 4.79 Å². The number of benzene rings is 3. The molecule has 3 heteroatoms. The van der Waals surface area contributed by atoms with Gasteiger partial charge in [-0.1, -0.05) is 94.4 Å². The molecule has 0 radical (unpaired) electrons. The van der Waals surface area contributed by atoms with Crippen molar-refractivity contribution in [2.75, 3.05) is 5.32 Å². The summed E-state index contributed by atoms with van der Waals surface area (Å²) in [6.45, 7) is 10.5. The molecule has 4 rings (SSSR count). The van der Waals surface area contributed by atoms with E-state index in [9.17, 15) is 4.79 Å². The van der Waals surface area contributed by atoms with E-state index in [4.69, 9.17) is 4.99 Å². The fraction of sp³-hybridized carbons (Fsp3) is 0.310. The van der Waals surface area contributed by atoms with Gasteiger partial charge < -0.3 is 5.32 Å². The number of carbonyl (C=O) groups is 1. The second-order valence-electron chi connectivity index (χ2n) is 9.38. The summed E-state index contributed by atoms with van der Waals surface area (Å²) in [5, 5.41) is 3.71. The molecule has 0 saturated heterocycles. The average Bonchev–Trinajstić information content (AvgIpc) is 3.07. The third kappa shape index (κ3) is 3.88. The number of hydrogen-bond acceptors (Lipinski definition) is 3. The van der Waals surface area contributed by atoms with Crippen LogP contribution in [0.25, 0.3) is 0 Å². The van der Waals surface area contributed by atoms with E-state index in [-0.39, 0.29) is 5.78 Å². The van der Waals surface area contributed by atoms with Gasteiger partial charge in [0.25, 0.3) is 0 Å². The van der Waals surface area contributed by atoms with E-state index in [1.807, 2.05) is 30.3 Å². The molecule has 3 aromatic rings. The molecule has 0 aliphatic carbocycles. The van der Waals surface area contributed by atoms with Crippen molar-refractivity contribution in [1.82, 2.24) is 0 Å². The van der Waals surface area contributed by atoms with E-state index in [1.54, 1.807) is 6.92 Å². The third-order valence-corrected chi connectivity index (χ3v) is 6.28. The Bertz CT molecular complexity index is 1130. The van der Waals surface area contributed by atoms with Crippen LogP contribution in [0.5, 0.6) is 0 Å². The number of para-hydroxylation sites is 2. The fourth-order valence-electron chi connectivity index (χ4n) is 4.76. The van der Waals surface area contributed by atoms with E-state index >= 15 is 0 Å². The van der Waals surface area contributed by atoms with Gasteiger partial charge in [-0.25, -0.2) is 4.99 Å². The van der Waals surface area contributed by atoms with Gasteiger partial charge in [-0.15, -0.1) is 0 Å². The number of carbonyl (C=O) groups excluding carboxylic acids is 1. The SMILES string of the molecule is CC(=O)C[C@@]1(c2ccccc2)Nc2ccccc2C1=Nc1c(C(C)C)cccc1C(C)C. The maximum atomic E-state index is 12.6. The first kappa shape index (κ1) is 22.0. The number of Topliss-reactive ketones (excluding diaryl/α,β-unsaturated/α-hetero) is 1. The highest BCUT2D eigenvalue weighted by molar-refractivity contribution is 6.19. The van der Waals surface area contributed by atoms with E-state index in [0.29, 0.717) is 18.3 Å². The zero-order chi connectivity index (χ0) is 22.9. The van der Waals surface area contributed by atoms with Crippen molar-refractivity contribution in [3.8, 4) is 0 Å². The monoisotopic (exact) mass is 424 g/mol. The zero-order valence-corrected chi connectivity index (χ0v) is 19.6. The number of ketones is 1. The van der Waals surface area contributed by atoms with Crippen LogP contribution in [-0.2, 0) is 10.3 Å². The molecule has 3 aromatic carbocycles. The molecular weight excluding hydrogens is 392 g/mol. The minimum atomic E-state index is -0.699. The maximum Gasteiger partial charge on any atom is 0.132 e. The van der Waals surface area contributed by atoms with Gasteiger partial charge in [-0.3, -0.25) is 4.79 Å². The van der Waals surface area contributed by atoms with Gasteiger partial charge in [0.05, 0.1) is 11.4 Å². The van der Waals surface area contributed by atoms with Crippen LogP contribution in [0.2, 0.25) is 0 Å². The molecule has 0 saturated carbocycles. The van der Waals surface area contributed by atoms with Crippen molar-refractivity contribution in [1.29, 1.82) is 0 Å². The number of fused-ring (bicyclic) bond motifs is 1. The number of nitrogens with one attached hydrogen (secondary N) is 1. The second-order valence-corrected chi connectivity index (χ2v) is 9.38. The molecule has 0 aromatic heterocycles. The van der Waals surface area contributed by atoms with Gasteiger partial charge in [0, 0.05) is 17.7 Å². The summed E-state index contributed by atoms with van der Waals surface area (Å²) in [6.07, 6.45) is 0.339. The molecule has 1 heterocycles. The molecule has 0 fully saturated rings. The molecule has 3 nitrogen and oxygen atoms in total. The molecule has 1 N–H and O–H groups in total. The minimum Gasteiger partial charge on any atom is -0.369 e. The molecule has 1 atom stereocenters. The molecule has 0 amide bonds. The van der Waals surface area contributed by atoms with Crippen LogP contribution in [0.3, 0.4) is 0 Å². The van der Waals surface area contributed by atoms with Crippen LogP contribution in [0.1, 0.15) is 75.1 Å². The van der Waals surface area contributed by atoms with Crippen molar-refractivity contribution in [3.05, 3.63) is 95.1 Å². The summed E-state index contributed by atoms with van der Waals surface area (Å²) in [4.78, 5) is 18.0. The molecule has 164 valence electrons. The number of anilines is 1. The molecule has 0 bridgehead atoms. The summed E-state index contributed by atoms with van der Waals surface area (Å²) in [7, 11) is 0. The van der Waals surface area contributed by atoms with E-state index in [1.165, 1.54) is 11.1 Å². The average molecular weight is 425 g/mol. The molecular formula is C29H32N2O. The van der Waals surface area contributed by atoms with E-state index in [2.05, 4.69) is 75.5 Å². The van der Waals surface area contributed by atoms with Crippen LogP contribution in [0.4, 0.5) is 11.4 Å². The van der Waals surface area contributed by atoms with Gasteiger partial charge in [0.2, 0.25) is 0 Å². The van der Waals surface area contributed by atoms with Crippen LogP contribution in [0.15, 0.2) is 77.8 Å². The number of nitrogens with zero attached hydrogens (tertiary/aromatic N) is 1. The lowest BCUT2D eigenvalue weighted by Gasteiger charge is -2.31. The standard InChI is InChI=1S/C29H32N2O/c1-19(2)23-15-11-16-24(20(3)4)27(23)30-28-25-14-9-10-17-26(25)31-29(28,18-21(5)32)22-12-7-6-8-13-22/h6-17,19-20,31H,18H2,1-5H3/t29-/m0/s1. The van der Waals surface area contributed by atoms with Crippen LogP contribution in [0, 0.1) is 0 Å². The first-order chi connectivity index (χ1) is 15.3. The van der Waals surface area contributed by atoms with Gasteiger partial charge in [0.15, 0.2) is 0 Å². The Kier molecular flexibility index (Phi) is 6.01. The Balaban J connectivity index is 2.06. The Morgan fingerprint density at radius 1 is 0.844 bits per heavy atom. The van der Waals surface area contributed by atoms with Gasteiger partial charge >= 0.3 is 0 Å². The minimum absolute atomic E-state index is 0.128. The third-order valence-electron chi connectivity index (χ3n) is 6.28. The van der Waals surface area contributed by atoms with Gasteiger partial charge in [-0.05, 0) is 41.5 Å². The lowest BCUT2D eigenvalue weighted by Crippen LogP contribution is -2.41. The van der Waals surface area contributed by atoms with Crippen molar-refractivity contribution in [2.24, 2.45) is 4.99 Å². The van der Waals surface area contributed by atoms with Crippen LogP contribution >= 0.6 is 0 Å². The molecule has 1 aliphatic rings.